The van der Waals surface area contributed by atoms with Gasteiger partial charge in [0.05, 0.1) is 23.5 Å². The zero-order chi connectivity index (χ0) is 18.5. The van der Waals surface area contributed by atoms with Crippen LogP contribution in [0.3, 0.4) is 0 Å². The minimum absolute atomic E-state index is 0.0889. The van der Waals surface area contributed by atoms with E-state index in [1.807, 2.05) is 44.4 Å². The molecule has 0 aliphatic heterocycles. The molecule has 0 saturated carbocycles. The van der Waals surface area contributed by atoms with Crippen molar-refractivity contribution in [3.63, 3.8) is 0 Å². The molecule has 0 fully saturated rings. The number of hydrogen-bond donors (Lipinski definition) is 2. The van der Waals surface area contributed by atoms with Crippen molar-refractivity contribution in [3.8, 4) is 11.3 Å². The molecule has 1 aromatic heterocycles. The van der Waals surface area contributed by atoms with Gasteiger partial charge in [-0.3, -0.25) is 9.89 Å². The van der Waals surface area contributed by atoms with Gasteiger partial charge in [-0.2, -0.15) is 5.10 Å². The summed E-state index contributed by atoms with van der Waals surface area (Å²) in [4.78, 5) is 14.8. The summed E-state index contributed by atoms with van der Waals surface area (Å²) >= 11 is 5.94. The summed E-state index contributed by atoms with van der Waals surface area (Å²) in [6.07, 6.45) is 1.55. The van der Waals surface area contributed by atoms with Crippen LogP contribution in [0.5, 0.6) is 0 Å². The first kappa shape index (κ1) is 18.2. The van der Waals surface area contributed by atoms with Gasteiger partial charge in [0.25, 0.3) is 5.91 Å². The van der Waals surface area contributed by atoms with Gasteiger partial charge in [-0.15, -0.1) is 0 Å². The van der Waals surface area contributed by atoms with Crippen LogP contribution >= 0.6 is 11.6 Å². The van der Waals surface area contributed by atoms with Gasteiger partial charge >= 0.3 is 0 Å². The number of benzene rings is 2. The van der Waals surface area contributed by atoms with Crippen LogP contribution in [0.1, 0.15) is 22.0 Å². The van der Waals surface area contributed by atoms with Gasteiger partial charge in [-0.05, 0) is 31.8 Å². The normalized spacial score (nSPS) is 12.2. The van der Waals surface area contributed by atoms with Crippen molar-refractivity contribution in [2.45, 2.75) is 6.04 Å². The van der Waals surface area contributed by atoms with Gasteiger partial charge in [-0.1, -0.05) is 54.1 Å². The number of rotatable bonds is 6. The van der Waals surface area contributed by atoms with E-state index in [2.05, 4.69) is 32.5 Å². The fourth-order valence-corrected chi connectivity index (χ4v) is 2.98. The lowest BCUT2D eigenvalue weighted by atomic mass is 10.1. The molecule has 3 aromatic rings. The number of aromatic amines is 1. The lowest BCUT2D eigenvalue weighted by molar-refractivity contribution is 0.0942. The van der Waals surface area contributed by atoms with Crippen LogP contribution in [0.4, 0.5) is 0 Å². The lowest BCUT2D eigenvalue weighted by Gasteiger charge is -2.25. The molecular weight excluding hydrogens is 348 g/mol. The van der Waals surface area contributed by atoms with E-state index in [9.17, 15) is 4.79 Å². The number of aromatic nitrogens is 2. The molecule has 1 heterocycles. The van der Waals surface area contributed by atoms with Crippen LogP contribution in [0, 0.1) is 0 Å². The number of nitrogens with one attached hydrogen (secondary N) is 2. The summed E-state index contributed by atoms with van der Waals surface area (Å²) in [7, 11) is 4.00. The third-order valence-electron chi connectivity index (χ3n) is 4.28. The lowest BCUT2D eigenvalue weighted by Crippen LogP contribution is -2.34. The first-order valence-electron chi connectivity index (χ1n) is 8.35. The second-order valence-electron chi connectivity index (χ2n) is 6.27. The van der Waals surface area contributed by atoms with Gasteiger partial charge in [0.2, 0.25) is 0 Å². The molecule has 0 bridgehead atoms. The molecule has 26 heavy (non-hydrogen) atoms. The SMILES string of the molecule is CN(C)[C@H](CNC(=O)c1cn[nH]c1-c1ccc(Cl)cc1)c1ccccc1. The minimum atomic E-state index is -0.161. The minimum Gasteiger partial charge on any atom is -0.350 e. The Morgan fingerprint density at radius 1 is 1.15 bits per heavy atom. The first-order valence-corrected chi connectivity index (χ1v) is 8.73. The Labute approximate surface area is 158 Å². The molecule has 0 spiro atoms. The highest BCUT2D eigenvalue weighted by Crippen LogP contribution is 2.23. The first-order chi connectivity index (χ1) is 12.6. The molecule has 5 nitrogen and oxygen atoms in total. The molecular formula is C20H21ClN4O. The average molecular weight is 369 g/mol. The molecule has 134 valence electrons. The molecule has 0 saturated heterocycles. The van der Waals surface area contributed by atoms with Crippen molar-refractivity contribution in [2.75, 3.05) is 20.6 Å². The predicted octanol–water partition coefficient (Wildman–Crippen LogP) is 3.76. The largest absolute Gasteiger partial charge is 0.350 e. The number of amides is 1. The Hall–Kier alpha value is -2.63. The molecule has 0 aliphatic carbocycles. The highest BCUT2D eigenvalue weighted by atomic mass is 35.5. The summed E-state index contributed by atoms with van der Waals surface area (Å²) in [5, 5.41) is 10.6. The fourth-order valence-electron chi connectivity index (χ4n) is 2.85. The number of hydrogen-bond acceptors (Lipinski definition) is 3. The van der Waals surface area contributed by atoms with E-state index in [1.165, 1.54) is 0 Å². The Morgan fingerprint density at radius 3 is 2.50 bits per heavy atom. The third kappa shape index (κ3) is 4.12. The van der Waals surface area contributed by atoms with Crippen LogP contribution in [-0.2, 0) is 0 Å². The molecule has 6 heteroatoms. The Balaban J connectivity index is 1.74. The smallest absolute Gasteiger partial charge is 0.255 e. The van der Waals surface area contributed by atoms with Gasteiger partial charge in [0.1, 0.15) is 0 Å². The van der Waals surface area contributed by atoms with Crippen molar-refractivity contribution in [2.24, 2.45) is 0 Å². The number of nitrogens with zero attached hydrogens (tertiary/aromatic N) is 2. The monoisotopic (exact) mass is 368 g/mol. The van der Waals surface area contributed by atoms with Crippen LogP contribution in [0.2, 0.25) is 5.02 Å². The van der Waals surface area contributed by atoms with Crippen molar-refractivity contribution < 1.29 is 4.79 Å². The maximum absolute atomic E-state index is 12.7. The van der Waals surface area contributed by atoms with E-state index in [1.54, 1.807) is 18.3 Å². The molecule has 0 radical (unpaired) electrons. The molecule has 0 aliphatic rings. The standard InChI is InChI=1S/C20H21ClN4O/c1-25(2)18(14-6-4-3-5-7-14)13-22-20(26)17-12-23-24-19(17)15-8-10-16(21)11-9-15/h3-12,18H,13H2,1-2H3,(H,22,26)(H,23,24)/t18-/m1/s1. The zero-order valence-electron chi connectivity index (χ0n) is 14.7. The Morgan fingerprint density at radius 2 is 1.85 bits per heavy atom. The Bertz CT molecular complexity index is 859. The zero-order valence-corrected chi connectivity index (χ0v) is 15.5. The van der Waals surface area contributed by atoms with Crippen molar-refractivity contribution >= 4 is 17.5 Å². The predicted molar refractivity (Wildman–Crippen MR) is 104 cm³/mol. The molecule has 2 aromatic carbocycles. The van der Waals surface area contributed by atoms with Gasteiger partial charge in [0, 0.05) is 17.1 Å². The second-order valence-corrected chi connectivity index (χ2v) is 6.70. The maximum atomic E-state index is 12.7. The number of carbonyl (C=O) groups is 1. The van der Waals surface area contributed by atoms with Gasteiger partial charge in [0.15, 0.2) is 0 Å². The van der Waals surface area contributed by atoms with E-state index < -0.39 is 0 Å². The second kappa shape index (κ2) is 8.17. The molecule has 1 amide bonds. The van der Waals surface area contributed by atoms with E-state index >= 15 is 0 Å². The highest BCUT2D eigenvalue weighted by molar-refractivity contribution is 6.30. The van der Waals surface area contributed by atoms with Gasteiger partial charge in [-0.25, -0.2) is 0 Å². The average Bonchev–Trinajstić information content (AvgIpc) is 3.13. The van der Waals surface area contributed by atoms with Crippen LogP contribution in [0.25, 0.3) is 11.3 Å². The third-order valence-corrected chi connectivity index (χ3v) is 4.53. The van der Waals surface area contributed by atoms with Crippen molar-refractivity contribution in [1.82, 2.24) is 20.4 Å². The quantitative estimate of drug-likeness (QED) is 0.696. The van der Waals surface area contributed by atoms with E-state index in [-0.39, 0.29) is 11.9 Å². The number of H-pyrrole nitrogens is 1. The Kier molecular flexibility index (Phi) is 5.71. The van der Waals surface area contributed by atoms with Gasteiger partial charge < -0.3 is 10.2 Å². The summed E-state index contributed by atoms with van der Waals surface area (Å²) in [6.45, 7) is 0.501. The van der Waals surface area contributed by atoms with Crippen LogP contribution in [0.15, 0.2) is 60.8 Å². The topological polar surface area (TPSA) is 61.0 Å². The molecule has 0 unspecified atom stereocenters. The molecule has 3 rings (SSSR count). The van der Waals surface area contributed by atoms with Crippen LogP contribution < -0.4 is 5.32 Å². The fraction of sp³-hybridized carbons (Fsp3) is 0.200. The number of carbonyl (C=O) groups excluding carboxylic acids is 1. The highest BCUT2D eigenvalue weighted by Gasteiger charge is 2.19. The summed E-state index contributed by atoms with van der Waals surface area (Å²) in [6, 6.07) is 17.5. The van der Waals surface area contributed by atoms with Crippen molar-refractivity contribution in [1.29, 1.82) is 0 Å². The molecule has 1 atom stereocenters. The van der Waals surface area contributed by atoms with E-state index in [0.29, 0.717) is 22.8 Å². The van der Waals surface area contributed by atoms with E-state index in [4.69, 9.17) is 11.6 Å². The number of likely N-dealkylation sites (N-methyl/N-ethyl adjacent to an activating group) is 1. The summed E-state index contributed by atoms with van der Waals surface area (Å²) in [5.74, 6) is -0.161. The summed E-state index contributed by atoms with van der Waals surface area (Å²) in [5.41, 5.74) is 3.21. The maximum Gasteiger partial charge on any atom is 0.255 e. The van der Waals surface area contributed by atoms with Crippen LogP contribution in [-0.4, -0.2) is 41.6 Å². The van der Waals surface area contributed by atoms with E-state index in [0.717, 1.165) is 11.1 Å². The number of halogens is 1. The summed E-state index contributed by atoms with van der Waals surface area (Å²) < 4.78 is 0. The van der Waals surface area contributed by atoms with Crippen molar-refractivity contribution in [3.05, 3.63) is 76.9 Å². The molecule has 2 N–H and O–H groups in total.